The summed E-state index contributed by atoms with van der Waals surface area (Å²) in [5, 5.41) is 0. The van der Waals surface area contributed by atoms with Crippen LogP contribution in [0.4, 0.5) is 0 Å². The average Bonchev–Trinajstić information content (AvgIpc) is 3.40. The molecule has 74 heavy (non-hydrogen) atoms. The molecule has 0 spiro atoms. The molecule has 0 aromatic carbocycles. The lowest BCUT2D eigenvalue weighted by Crippen LogP contribution is -2.30. The first-order valence-electron chi connectivity index (χ1n) is 30.2. The van der Waals surface area contributed by atoms with E-state index in [4.69, 9.17) is 14.2 Å². The van der Waals surface area contributed by atoms with E-state index in [1.165, 1.54) is 64.2 Å². The molecule has 0 bridgehead atoms. The molecule has 0 saturated heterocycles. The third-order valence-corrected chi connectivity index (χ3v) is 12.4. The molecule has 0 aromatic rings. The van der Waals surface area contributed by atoms with E-state index in [1.807, 2.05) is 0 Å². The van der Waals surface area contributed by atoms with Crippen LogP contribution in [0.15, 0.2) is 134 Å². The Hall–Kier alpha value is -4.45. The molecule has 418 valence electrons. The SMILES string of the molecule is CC/C=C\C/C=C\C/C=C\C/C=C\C/C=C\C/C=C\CCCCCCC(=O)OCC(COC(=O)CCCCCCC/C=C\CCCCC)OC(=O)CCCCCCCCCC/C=C\C/C=C\C/C=C\C/C=C\CC. The van der Waals surface area contributed by atoms with Crippen molar-refractivity contribution in [2.75, 3.05) is 13.2 Å². The predicted molar refractivity (Wildman–Crippen MR) is 320 cm³/mol. The molecule has 0 aromatic heterocycles. The molecule has 0 fully saturated rings. The van der Waals surface area contributed by atoms with E-state index >= 15 is 0 Å². The summed E-state index contributed by atoms with van der Waals surface area (Å²) in [5.74, 6) is -0.942. The van der Waals surface area contributed by atoms with Gasteiger partial charge in [-0.05, 0) is 135 Å². The van der Waals surface area contributed by atoms with Crippen LogP contribution in [-0.2, 0) is 28.6 Å². The second-order valence-corrected chi connectivity index (χ2v) is 19.5. The van der Waals surface area contributed by atoms with Gasteiger partial charge in [0.2, 0.25) is 0 Å². The summed E-state index contributed by atoms with van der Waals surface area (Å²) in [6, 6.07) is 0. The van der Waals surface area contributed by atoms with Gasteiger partial charge in [-0.25, -0.2) is 0 Å². The number of carbonyl (C=O) groups is 3. The Bertz CT molecular complexity index is 1600. The van der Waals surface area contributed by atoms with Crippen molar-refractivity contribution in [3.63, 3.8) is 0 Å². The topological polar surface area (TPSA) is 78.9 Å². The second kappa shape index (κ2) is 61.1. The zero-order valence-corrected chi connectivity index (χ0v) is 47.8. The Balaban J connectivity index is 4.43. The van der Waals surface area contributed by atoms with Crippen LogP contribution in [0.3, 0.4) is 0 Å². The number of hydrogen-bond acceptors (Lipinski definition) is 6. The predicted octanol–water partition coefficient (Wildman–Crippen LogP) is 20.6. The standard InChI is InChI=1S/C68H110O6/c1-4-7-10-13-16-19-22-25-27-29-31-33-34-36-37-39-41-43-46-49-52-55-58-61-67(70)73-64-65(63-72-66(69)60-57-54-51-48-45-24-21-18-15-12-9-6-3)74-68(71)62-59-56-53-50-47-44-42-40-38-35-32-30-28-26-23-20-17-14-11-8-5-2/h7-8,10-11,16-21,25-28,31-33,35-37,41,43,65H,4-6,9,12-15,22-24,29-30,34,38-40,42,44-64H2,1-3H3/b10-7-,11-8-,19-16-,20-17-,21-18-,27-25-,28-26-,33-31-,35-32-,37-36-,43-41-. The smallest absolute Gasteiger partial charge is 0.306 e. The van der Waals surface area contributed by atoms with E-state index in [0.29, 0.717) is 19.3 Å². The minimum atomic E-state index is -0.802. The molecule has 0 saturated carbocycles. The highest BCUT2D eigenvalue weighted by molar-refractivity contribution is 5.71. The number of rotatable bonds is 53. The second-order valence-electron chi connectivity index (χ2n) is 19.5. The van der Waals surface area contributed by atoms with E-state index in [-0.39, 0.29) is 31.1 Å². The molecular weight excluding hydrogens is 913 g/mol. The zero-order chi connectivity index (χ0) is 53.6. The molecule has 0 aliphatic rings. The fraction of sp³-hybridized carbons (Fsp3) is 0.632. The Labute approximate surface area is 455 Å². The maximum absolute atomic E-state index is 12.9. The molecule has 1 unspecified atom stereocenters. The van der Waals surface area contributed by atoms with Gasteiger partial charge in [0.05, 0.1) is 0 Å². The van der Waals surface area contributed by atoms with Crippen LogP contribution in [0.25, 0.3) is 0 Å². The van der Waals surface area contributed by atoms with Crippen molar-refractivity contribution in [3.8, 4) is 0 Å². The summed E-state index contributed by atoms with van der Waals surface area (Å²) in [6.07, 6.45) is 85.8. The Morgan fingerprint density at radius 3 is 0.838 bits per heavy atom. The van der Waals surface area contributed by atoms with Crippen LogP contribution in [0, 0.1) is 0 Å². The minimum absolute atomic E-state index is 0.0979. The molecule has 6 nitrogen and oxygen atoms in total. The monoisotopic (exact) mass is 1020 g/mol. The number of esters is 3. The van der Waals surface area contributed by atoms with Gasteiger partial charge in [-0.2, -0.15) is 0 Å². The number of ether oxygens (including phenoxy) is 3. The molecule has 0 radical (unpaired) electrons. The Morgan fingerprint density at radius 1 is 0.284 bits per heavy atom. The first kappa shape index (κ1) is 69.5. The van der Waals surface area contributed by atoms with Crippen molar-refractivity contribution < 1.29 is 28.6 Å². The number of hydrogen-bond donors (Lipinski definition) is 0. The van der Waals surface area contributed by atoms with E-state index in [1.54, 1.807) is 0 Å². The van der Waals surface area contributed by atoms with Crippen molar-refractivity contribution in [1.82, 2.24) is 0 Å². The summed E-state index contributed by atoms with van der Waals surface area (Å²) >= 11 is 0. The van der Waals surface area contributed by atoms with Crippen molar-refractivity contribution >= 4 is 17.9 Å². The summed E-state index contributed by atoms with van der Waals surface area (Å²) in [4.78, 5) is 38.2. The van der Waals surface area contributed by atoms with E-state index in [9.17, 15) is 14.4 Å². The number of carbonyl (C=O) groups excluding carboxylic acids is 3. The van der Waals surface area contributed by atoms with Crippen LogP contribution >= 0.6 is 0 Å². The molecular formula is C68H110O6. The summed E-state index contributed by atoms with van der Waals surface area (Å²) in [5.41, 5.74) is 0. The van der Waals surface area contributed by atoms with Gasteiger partial charge in [0, 0.05) is 19.3 Å². The summed E-state index contributed by atoms with van der Waals surface area (Å²) in [7, 11) is 0. The molecule has 0 heterocycles. The third kappa shape index (κ3) is 58.4. The Morgan fingerprint density at radius 2 is 0.527 bits per heavy atom. The number of unbranched alkanes of at least 4 members (excludes halogenated alkanes) is 20. The quantitative estimate of drug-likeness (QED) is 0.0261. The molecule has 0 amide bonds. The highest BCUT2D eigenvalue weighted by atomic mass is 16.6. The van der Waals surface area contributed by atoms with Crippen LogP contribution < -0.4 is 0 Å². The first-order chi connectivity index (χ1) is 36.5. The van der Waals surface area contributed by atoms with Gasteiger partial charge < -0.3 is 14.2 Å². The van der Waals surface area contributed by atoms with E-state index in [0.717, 1.165) is 154 Å². The Kier molecular flexibility index (Phi) is 57.4. The normalized spacial score (nSPS) is 13.1. The lowest BCUT2D eigenvalue weighted by atomic mass is 10.1. The third-order valence-electron chi connectivity index (χ3n) is 12.4. The van der Waals surface area contributed by atoms with Gasteiger partial charge in [-0.3, -0.25) is 14.4 Å². The van der Waals surface area contributed by atoms with Gasteiger partial charge >= 0.3 is 17.9 Å². The van der Waals surface area contributed by atoms with Crippen molar-refractivity contribution in [1.29, 1.82) is 0 Å². The average molecular weight is 1020 g/mol. The van der Waals surface area contributed by atoms with Gasteiger partial charge in [-0.15, -0.1) is 0 Å². The highest BCUT2D eigenvalue weighted by Gasteiger charge is 2.19. The van der Waals surface area contributed by atoms with Crippen molar-refractivity contribution in [3.05, 3.63) is 134 Å². The van der Waals surface area contributed by atoms with Gasteiger partial charge in [0.1, 0.15) is 13.2 Å². The van der Waals surface area contributed by atoms with Gasteiger partial charge in [0.25, 0.3) is 0 Å². The van der Waals surface area contributed by atoms with Crippen LogP contribution in [-0.4, -0.2) is 37.2 Å². The van der Waals surface area contributed by atoms with Crippen LogP contribution in [0.1, 0.15) is 258 Å². The highest BCUT2D eigenvalue weighted by Crippen LogP contribution is 2.14. The van der Waals surface area contributed by atoms with Gasteiger partial charge in [0.15, 0.2) is 6.10 Å². The van der Waals surface area contributed by atoms with Crippen molar-refractivity contribution in [2.45, 2.75) is 264 Å². The molecule has 1 atom stereocenters. The molecule has 0 aliphatic heterocycles. The van der Waals surface area contributed by atoms with Crippen LogP contribution in [0.5, 0.6) is 0 Å². The lowest BCUT2D eigenvalue weighted by molar-refractivity contribution is -0.167. The molecule has 6 heteroatoms. The van der Waals surface area contributed by atoms with E-state index in [2.05, 4.69) is 154 Å². The number of allylic oxidation sites excluding steroid dienone is 22. The summed E-state index contributed by atoms with van der Waals surface area (Å²) in [6.45, 7) is 6.35. The van der Waals surface area contributed by atoms with E-state index < -0.39 is 6.10 Å². The molecule has 0 N–H and O–H groups in total. The fourth-order valence-electron chi connectivity index (χ4n) is 7.90. The maximum atomic E-state index is 12.9. The minimum Gasteiger partial charge on any atom is -0.462 e. The fourth-order valence-corrected chi connectivity index (χ4v) is 7.90. The lowest BCUT2D eigenvalue weighted by Gasteiger charge is -2.18. The van der Waals surface area contributed by atoms with Gasteiger partial charge in [-0.1, -0.05) is 238 Å². The van der Waals surface area contributed by atoms with Crippen LogP contribution in [0.2, 0.25) is 0 Å². The van der Waals surface area contributed by atoms with Crippen molar-refractivity contribution in [2.24, 2.45) is 0 Å². The maximum Gasteiger partial charge on any atom is 0.306 e. The molecule has 0 rings (SSSR count). The zero-order valence-electron chi connectivity index (χ0n) is 47.8. The largest absolute Gasteiger partial charge is 0.462 e. The molecule has 0 aliphatic carbocycles. The first-order valence-corrected chi connectivity index (χ1v) is 30.2. The summed E-state index contributed by atoms with van der Waals surface area (Å²) < 4.78 is 16.9.